The maximum absolute atomic E-state index is 11.9. The Balaban J connectivity index is 2.75. The number of sulfone groups is 1. The summed E-state index contributed by atoms with van der Waals surface area (Å²) in [4.78, 5) is 12.1. The Morgan fingerprint density at radius 2 is 1.89 bits per heavy atom. The average molecular weight is 284 g/mol. The molecule has 1 amide bonds. The van der Waals surface area contributed by atoms with Crippen molar-refractivity contribution in [1.29, 1.82) is 0 Å². The summed E-state index contributed by atoms with van der Waals surface area (Å²) in [6.45, 7) is 2.30. The van der Waals surface area contributed by atoms with Crippen molar-refractivity contribution in [2.24, 2.45) is 11.7 Å². The molecule has 0 fully saturated rings. The van der Waals surface area contributed by atoms with Gasteiger partial charge in [0.15, 0.2) is 9.84 Å². The first kappa shape index (κ1) is 15.7. The SMILES string of the molecule is CCCC(CN)C(=O)Nc1ccc(S(C)(=O)=O)cc1. The summed E-state index contributed by atoms with van der Waals surface area (Å²) in [6.07, 6.45) is 2.78. The number of nitrogens with one attached hydrogen (secondary N) is 1. The Bertz CT molecular complexity index is 523. The topological polar surface area (TPSA) is 89.3 Å². The molecule has 1 rings (SSSR count). The third kappa shape index (κ3) is 4.65. The maximum atomic E-state index is 11.9. The summed E-state index contributed by atoms with van der Waals surface area (Å²) >= 11 is 0. The van der Waals surface area contributed by atoms with E-state index in [9.17, 15) is 13.2 Å². The fourth-order valence-corrected chi connectivity index (χ4v) is 2.36. The Labute approximate surface area is 114 Å². The molecule has 0 bridgehead atoms. The maximum Gasteiger partial charge on any atom is 0.228 e. The van der Waals surface area contributed by atoms with Crippen LogP contribution in [0.4, 0.5) is 5.69 Å². The van der Waals surface area contributed by atoms with Gasteiger partial charge in [-0.2, -0.15) is 0 Å². The van der Waals surface area contributed by atoms with Gasteiger partial charge in [-0.15, -0.1) is 0 Å². The highest BCUT2D eigenvalue weighted by atomic mass is 32.2. The van der Waals surface area contributed by atoms with Gasteiger partial charge in [0.2, 0.25) is 5.91 Å². The van der Waals surface area contributed by atoms with E-state index >= 15 is 0 Å². The van der Waals surface area contributed by atoms with Gasteiger partial charge in [-0.05, 0) is 30.7 Å². The highest BCUT2D eigenvalue weighted by Crippen LogP contribution is 2.15. The van der Waals surface area contributed by atoms with E-state index in [1.807, 2.05) is 6.92 Å². The molecule has 0 aliphatic heterocycles. The molecule has 19 heavy (non-hydrogen) atoms. The predicted octanol–water partition coefficient (Wildman–Crippen LogP) is 1.40. The number of rotatable bonds is 6. The van der Waals surface area contributed by atoms with Crippen LogP contribution in [0.25, 0.3) is 0 Å². The second kappa shape index (κ2) is 6.68. The highest BCUT2D eigenvalue weighted by Gasteiger charge is 2.16. The van der Waals surface area contributed by atoms with E-state index < -0.39 is 9.84 Å². The van der Waals surface area contributed by atoms with Crippen LogP contribution in [0.2, 0.25) is 0 Å². The van der Waals surface area contributed by atoms with Gasteiger partial charge >= 0.3 is 0 Å². The Morgan fingerprint density at radius 1 is 1.32 bits per heavy atom. The van der Waals surface area contributed by atoms with Crippen LogP contribution in [0.3, 0.4) is 0 Å². The van der Waals surface area contributed by atoms with Gasteiger partial charge in [-0.1, -0.05) is 13.3 Å². The Kier molecular flexibility index (Phi) is 5.50. The minimum atomic E-state index is -3.21. The summed E-state index contributed by atoms with van der Waals surface area (Å²) in [6, 6.07) is 6.10. The molecule has 1 unspecified atom stereocenters. The van der Waals surface area contributed by atoms with Gasteiger partial charge in [0.05, 0.1) is 10.8 Å². The number of nitrogens with two attached hydrogens (primary N) is 1. The number of benzene rings is 1. The predicted molar refractivity (Wildman–Crippen MR) is 75.6 cm³/mol. The number of hydrogen-bond donors (Lipinski definition) is 2. The first-order chi connectivity index (χ1) is 8.88. The van der Waals surface area contributed by atoms with Gasteiger partial charge in [0.25, 0.3) is 0 Å². The van der Waals surface area contributed by atoms with Crippen molar-refractivity contribution < 1.29 is 13.2 Å². The van der Waals surface area contributed by atoms with Gasteiger partial charge < -0.3 is 11.1 Å². The van der Waals surface area contributed by atoms with E-state index in [0.29, 0.717) is 12.2 Å². The minimum absolute atomic E-state index is 0.128. The highest BCUT2D eigenvalue weighted by molar-refractivity contribution is 7.90. The monoisotopic (exact) mass is 284 g/mol. The average Bonchev–Trinajstić information content (AvgIpc) is 2.35. The molecule has 3 N–H and O–H groups in total. The molecule has 0 aliphatic carbocycles. The summed E-state index contributed by atoms with van der Waals surface area (Å²) < 4.78 is 22.6. The zero-order valence-corrected chi connectivity index (χ0v) is 12.0. The molecule has 1 aromatic rings. The normalized spacial score (nSPS) is 13.0. The number of carbonyl (C=O) groups excluding carboxylic acids is 1. The molecule has 0 spiro atoms. The van der Waals surface area contributed by atoms with E-state index in [2.05, 4.69) is 5.32 Å². The van der Waals surface area contributed by atoms with Crippen molar-refractivity contribution in [3.05, 3.63) is 24.3 Å². The van der Waals surface area contributed by atoms with Crippen LogP contribution in [0, 0.1) is 5.92 Å². The molecule has 0 aromatic heterocycles. The fraction of sp³-hybridized carbons (Fsp3) is 0.462. The molecule has 1 aromatic carbocycles. The van der Waals surface area contributed by atoms with Crippen molar-refractivity contribution in [2.45, 2.75) is 24.7 Å². The largest absolute Gasteiger partial charge is 0.330 e. The van der Waals surface area contributed by atoms with Crippen LogP contribution in [0.1, 0.15) is 19.8 Å². The first-order valence-corrected chi connectivity index (χ1v) is 8.08. The molecule has 0 aliphatic rings. The smallest absolute Gasteiger partial charge is 0.228 e. The van der Waals surface area contributed by atoms with E-state index in [0.717, 1.165) is 19.1 Å². The Morgan fingerprint density at radius 3 is 2.32 bits per heavy atom. The molecule has 0 saturated carbocycles. The van der Waals surface area contributed by atoms with Crippen molar-refractivity contribution in [3.63, 3.8) is 0 Å². The second-order valence-electron chi connectivity index (χ2n) is 4.51. The van der Waals surface area contributed by atoms with Crippen LogP contribution < -0.4 is 11.1 Å². The summed E-state index contributed by atoms with van der Waals surface area (Å²) in [5.41, 5.74) is 6.13. The molecule has 0 heterocycles. The van der Waals surface area contributed by atoms with Crippen LogP contribution in [0.5, 0.6) is 0 Å². The molecule has 6 heteroatoms. The third-order valence-electron chi connectivity index (χ3n) is 2.84. The summed E-state index contributed by atoms with van der Waals surface area (Å²) in [5.74, 6) is -0.337. The number of carbonyl (C=O) groups is 1. The number of hydrogen-bond acceptors (Lipinski definition) is 4. The lowest BCUT2D eigenvalue weighted by Gasteiger charge is -2.14. The third-order valence-corrected chi connectivity index (χ3v) is 3.97. The van der Waals surface area contributed by atoms with E-state index in [1.54, 1.807) is 12.1 Å². The number of amides is 1. The summed E-state index contributed by atoms with van der Waals surface area (Å²) in [5, 5.41) is 2.74. The lowest BCUT2D eigenvalue weighted by molar-refractivity contribution is -0.119. The van der Waals surface area contributed by atoms with E-state index in [4.69, 9.17) is 5.73 Å². The van der Waals surface area contributed by atoms with Crippen molar-refractivity contribution in [1.82, 2.24) is 0 Å². The molecular formula is C13H20N2O3S. The lowest BCUT2D eigenvalue weighted by atomic mass is 10.0. The molecule has 0 saturated heterocycles. The second-order valence-corrected chi connectivity index (χ2v) is 6.52. The Hall–Kier alpha value is -1.40. The molecular weight excluding hydrogens is 264 g/mol. The van der Waals surface area contributed by atoms with E-state index in [-0.39, 0.29) is 16.7 Å². The minimum Gasteiger partial charge on any atom is -0.330 e. The fourth-order valence-electron chi connectivity index (χ4n) is 1.73. The molecule has 1 atom stereocenters. The molecule has 5 nitrogen and oxygen atoms in total. The zero-order valence-electron chi connectivity index (χ0n) is 11.2. The van der Waals surface area contributed by atoms with Crippen LogP contribution in [-0.2, 0) is 14.6 Å². The molecule has 0 radical (unpaired) electrons. The summed E-state index contributed by atoms with van der Waals surface area (Å²) in [7, 11) is -3.21. The standard InChI is InChI=1S/C13H20N2O3S/c1-3-4-10(9-14)13(16)15-11-5-7-12(8-6-11)19(2,17)18/h5-8,10H,3-4,9,14H2,1-2H3,(H,15,16). The van der Waals surface area contributed by atoms with Gasteiger partial charge in [0, 0.05) is 18.5 Å². The molecule has 106 valence electrons. The van der Waals surface area contributed by atoms with Crippen LogP contribution in [-0.4, -0.2) is 27.1 Å². The van der Waals surface area contributed by atoms with E-state index in [1.165, 1.54) is 12.1 Å². The van der Waals surface area contributed by atoms with Crippen molar-refractivity contribution in [2.75, 3.05) is 18.1 Å². The lowest BCUT2D eigenvalue weighted by Crippen LogP contribution is -2.29. The zero-order chi connectivity index (χ0) is 14.5. The van der Waals surface area contributed by atoms with Crippen LogP contribution >= 0.6 is 0 Å². The number of anilines is 1. The van der Waals surface area contributed by atoms with Crippen molar-refractivity contribution in [3.8, 4) is 0 Å². The van der Waals surface area contributed by atoms with Gasteiger partial charge in [0.1, 0.15) is 0 Å². The van der Waals surface area contributed by atoms with Gasteiger partial charge in [-0.3, -0.25) is 4.79 Å². The van der Waals surface area contributed by atoms with Gasteiger partial charge in [-0.25, -0.2) is 8.42 Å². The quantitative estimate of drug-likeness (QED) is 0.826. The first-order valence-electron chi connectivity index (χ1n) is 6.19. The van der Waals surface area contributed by atoms with Crippen LogP contribution in [0.15, 0.2) is 29.2 Å². The van der Waals surface area contributed by atoms with Crippen molar-refractivity contribution >= 4 is 21.4 Å².